The van der Waals surface area contributed by atoms with Crippen molar-refractivity contribution in [1.82, 2.24) is 9.55 Å². The molecule has 0 bridgehead atoms. The first-order valence-electron chi connectivity index (χ1n) is 5.78. The topological polar surface area (TPSA) is 60.9 Å². The van der Waals surface area contributed by atoms with E-state index in [1.54, 1.807) is 29.1 Å². The van der Waals surface area contributed by atoms with Crippen molar-refractivity contribution >= 4 is 34.6 Å². The molecule has 0 aliphatic carbocycles. The molecule has 100 valence electrons. The largest absolute Gasteiger partial charge is 0.383 e. The molecule has 2 N–H and O–H groups in total. The average molecular weight is 290 g/mol. The summed E-state index contributed by atoms with van der Waals surface area (Å²) in [4.78, 5) is 14.9. The monoisotopic (exact) mass is 289 g/mol. The summed E-state index contributed by atoms with van der Waals surface area (Å²) in [6.07, 6.45) is 3.73. The number of nitrogen functional groups attached to an aromatic ring is 1. The number of nitrogens with zero attached hydrogens (tertiary/aromatic N) is 2. The number of fused-ring (bicyclic) bond motifs is 1. The van der Waals surface area contributed by atoms with Gasteiger partial charge < -0.3 is 10.3 Å². The van der Waals surface area contributed by atoms with Gasteiger partial charge in [0.05, 0.1) is 21.8 Å². The zero-order valence-electron chi connectivity index (χ0n) is 10.2. The summed E-state index contributed by atoms with van der Waals surface area (Å²) >= 11 is 6.11. The number of rotatable bonds is 2. The number of aldehydes is 1. The van der Waals surface area contributed by atoms with Gasteiger partial charge in [0, 0.05) is 17.8 Å². The van der Waals surface area contributed by atoms with E-state index >= 15 is 0 Å². The zero-order valence-corrected chi connectivity index (χ0v) is 10.9. The summed E-state index contributed by atoms with van der Waals surface area (Å²) < 4.78 is 15.2. The lowest BCUT2D eigenvalue weighted by molar-refractivity contribution is 0.112. The van der Waals surface area contributed by atoms with Crippen molar-refractivity contribution in [3.8, 4) is 5.69 Å². The van der Waals surface area contributed by atoms with E-state index in [-0.39, 0.29) is 10.6 Å². The molecule has 0 unspecified atom stereocenters. The van der Waals surface area contributed by atoms with Crippen LogP contribution in [-0.2, 0) is 0 Å². The minimum Gasteiger partial charge on any atom is -0.383 e. The van der Waals surface area contributed by atoms with E-state index < -0.39 is 5.82 Å². The van der Waals surface area contributed by atoms with Crippen molar-refractivity contribution in [1.29, 1.82) is 0 Å². The van der Waals surface area contributed by atoms with Gasteiger partial charge in [0.15, 0.2) is 6.29 Å². The number of halogens is 2. The van der Waals surface area contributed by atoms with E-state index in [4.69, 9.17) is 17.3 Å². The van der Waals surface area contributed by atoms with E-state index in [0.29, 0.717) is 17.8 Å². The summed E-state index contributed by atoms with van der Waals surface area (Å²) in [5.41, 5.74) is 6.92. The molecule has 0 amide bonds. The molecule has 4 nitrogen and oxygen atoms in total. The number of carbonyl (C=O) groups is 1. The maximum atomic E-state index is 13.5. The molecule has 0 saturated heterocycles. The van der Waals surface area contributed by atoms with Crippen molar-refractivity contribution in [3.05, 3.63) is 53.1 Å². The maximum Gasteiger partial charge on any atom is 0.154 e. The number of anilines is 1. The molecular formula is C14H9ClFN3O. The number of benzene rings is 1. The van der Waals surface area contributed by atoms with Crippen LogP contribution in [-0.4, -0.2) is 15.8 Å². The lowest BCUT2D eigenvalue weighted by Gasteiger charge is -2.10. The van der Waals surface area contributed by atoms with Gasteiger partial charge in [0.1, 0.15) is 11.6 Å². The molecule has 3 rings (SSSR count). The third-order valence-corrected chi connectivity index (χ3v) is 3.53. The second-order valence-electron chi connectivity index (χ2n) is 4.23. The van der Waals surface area contributed by atoms with Crippen molar-refractivity contribution < 1.29 is 9.18 Å². The van der Waals surface area contributed by atoms with Crippen LogP contribution in [0.2, 0.25) is 5.02 Å². The highest BCUT2D eigenvalue weighted by molar-refractivity contribution is 6.34. The van der Waals surface area contributed by atoms with Crippen LogP contribution in [0.15, 0.2) is 36.7 Å². The SMILES string of the molecule is Nc1nccc2c1ccn2-c1ccc(F)c(C=O)c1Cl. The number of carbonyl (C=O) groups excluding carboxylic acids is 1. The Bertz CT molecular complexity index is 829. The molecule has 0 radical (unpaired) electrons. The Hall–Kier alpha value is -2.40. The number of hydrogen-bond acceptors (Lipinski definition) is 3. The van der Waals surface area contributed by atoms with Gasteiger partial charge in [-0.1, -0.05) is 11.6 Å². The van der Waals surface area contributed by atoms with Crippen LogP contribution in [0.4, 0.5) is 10.2 Å². The van der Waals surface area contributed by atoms with Crippen LogP contribution in [0.1, 0.15) is 10.4 Å². The van der Waals surface area contributed by atoms with Crippen LogP contribution in [0.5, 0.6) is 0 Å². The molecule has 0 saturated carbocycles. The average Bonchev–Trinajstić information content (AvgIpc) is 2.85. The summed E-state index contributed by atoms with van der Waals surface area (Å²) in [5, 5.41) is 0.827. The lowest BCUT2D eigenvalue weighted by Crippen LogP contribution is -1.99. The molecule has 0 spiro atoms. The third-order valence-electron chi connectivity index (χ3n) is 3.13. The Balaban J connectivity index is 2.32. The van der Waals surface area contributed by atoms with E-state index in [0.717, 1.165) is 10.9 Å². The van der Waals surface area contributed by atoms with Crippen LogP contribution < -0.4 is 5.73 Å². The molecule has 0 aliphatic heterocycles. The first-order chi connectivity index (χ1) is 9.63. The number of hydrogen-bond donors (Lipinski definition) is 1. The molecule has 2 aromatic heterocycles. The van der Waals surface area contributed by atoms with Gasteiger partial charge in [-0.15, -0.1) is 0 Å². The zero-order chi connectivity index (χ0) is 14.3. The first-order valence-corrected chi connectivity index (χ1v) is 6.16. The van der Waals surface area contributed by atoms with Crippen LogP contribution in [0, 0.1) is 5.82 Å². The van der Waals surface area contributed by atoms with Gasteiger partial charge in [-0.25, -0.2) is 9.37 Å². The molecule has 3 aromatic rings. The predicted molar refractivity (Wildman–Crippen MR) is 75.8 cm³/mol. The molecule has 0 aliphatic rings. The summed E-state index contributed by atoms with van der Waals surface area (Å²) in [6, 6.07) is 6.28. The maximum absolute atomic E-state index is 13.5. The molecule has 2 heterocycles. The Morgan fingerprint density at radius 2 is 2.10 bits per heavy atom. The van der Waals surface area contributed by atoms with Gasteiger partial charge >= 0.3 is 0 Å². The van der Waals surface area contributed by atoms with Crippen molar-refractivity contribution in [2.75, 3.05) is 5.73 Å². The van der Waals surface area contributed by atoms with Crippen molar-refractivity contribution in [2.45, 2.75) is 0 Å². The fraction of sp³-hybridized carbons (Fsp3) is 0. The molecular weight excluding hydrogens is 281 g/mol. The lowest BCUT2D eigenvalue weighted by atomic mass is 10.2. The second-order valence-corrected chi connectivity index (χ2v) is 4.60. The van der Waals surface area contributed by atoms with Crippen molar-refractivity contribution in [2.24, 2.45) is 0 Å². The highest BCUT2D eigenvalue weighted by atomic mass is 35.5. The van der Waals surface area contributed by atoms with Gasteiger partial charge in [0.25, 0.3) is 0 Å². The van der Waals surface area contributed by atoms with E-state index in [9.17, 15) is 9.18 Å². The molecule has 20 heavy (non-hydrogen) atoms. The minimum absolute atomic E-state index is 0.0629. The molecule has 0 atom stereocenters. The molecule has 1 aromatic carbocycles. The highest BCUT2D eigenvalue weighted by Gasteiger charge is 2.14. The Labute approximate surface area is 118 Å². The van der Waals surface area contributed by atoms with Crippen LogP contribution in [0.25, 0.3) is 16.6 Å². The number of pyridine rings is 1. The number of aromatic nitrogens is 2. The minimum atomic E-state index is -0.647. The van der Waals surface area contributed by atoms with Crippen LogP contribution >= 0.6 is 11.6 Å². The second kappa shape index (κ2) is 4.61. The van der Waals surface area contributed by atoms with Gasteiger partial charge in [-0.3, -0.25) is 4.79 Å². The predicted octanol–water partition coefficient (Wildman–Crippen LogP) is 3.21. The fourth-order valence-corrected chi connectivity index (χ4v) is 2.44. The standard InChI is InChI=1S/C14H9ClFN3O/c15-13-9(7-20)10(16)1-2-12(13)19-6-4-8-11(19)3-5-18-14(8)17/h1-7H,(H2,17,18). The van der Waals surface area contributed by atoms with Gasteiger partial charge in [0.2, 0.25) is 0 Å². The fourth-order valence-electron chi connectivity index (χ4n) is 2.15. The van der Waals surface area contributed by atoms with E-state index in [2.05, 4.69) is 4.98 Å². The normalized spacial score (nSPS) is 10.9. The quantitative estimate of drug-likeness (QED) is 0.737. The molecule has 0 fully saturated rings. The highest BCUT2D eigenvalue weighted by Crippen LogP contribution is 2.30. The van der Waals surface area contributed by atoms with Crippen molar-refractivity contribution in [3.63, 3.8) is 0 Å². The third kappa shape index (κ3) is 1.75. The van der Waals surface area contributed by atoms with E-state index in [1.165, 1.54) is 12.1 Å². The smallest absolute Gasteiger partial charge is 0.154 e. The first kappa shape index (κ1) is 12.6. The van der Waals surface area contributed by atoms with Gasteiger partial charge in [-0.05, 0) is 24.3 Å². The van der Waals surface area contributed by atoms with Crippen LogP contribution in [0.3, 0.4) is 0 Å². The van der Waals surface area contributed by atoms with E-state index in [1.807, 2.05) is 0 Å². The Kier molecular flexibility index (Phi) is 2.91. The summed E-state index contributed by atoms with van der Waals surface area (Å²) in [5.74, 6) is -0.249. The number of nitrogens with two attached hydrogens (primary N) is 1. The Morgan fingerprint density at radius 1 is 1.30 bits per heavy atom. The molecule has 6 heteroatoms. The summed E-state index contributed by atoms with van der Waals surface area (Å²) in [7, 11) is 0. The summed E-state index contributed by atoms with van der Waals surface area (Å²) in [6.45, 7) is 0. The Morgan fingerprint density at radius 3 is 2.85 bits per heavy atom. The van der Waals surface area contributed by atoms with Gasteiger partial charge in [-0.2, -0.15) is 0 Å².